The zero-order valence-corrected chi connectivity index (χ0v) is 12.2. The van der Waals surface area contributed by atoms with Crippen LogP contribution in [0.5, 0.6) is 11.5 Å². The Balaban J connectivity index is 2.93. The number of methoxy groups -OCH3 is 1. The summed E-state index contributed by atoms with van der Waals surface area (Å²) in [6, 6.07) is 5.54. The normalized spacial score (nSPS) is 13.9. The molecule has 0 bridgehead atoms. The van der Waals surface area contributed by atoms with E-state index in [1.807, 2.05) is 39.0 Å². The third-order valence-corrected chi connectivity index (χ3v) is 2.88. The van der Waals surface area contributed by atoms with Crippen molar-refractivity contribution in [2.75, 3.05) is 26.9 Å². The second-order valence-electron chi connectivity index (χ2n) is 4.45. The number of benzene rings is 1. The highest BCUT2D eigenvalue weighted by molar-refractivity contribution is 5.43. The van der Waals surface area contributed by atoms with Crippen LogP contribution in [0.2, 0.25) is 0 Å². The maximum atomic E-state index is 10.3. The van der Waals surface area contributed by atoms with Crippen LogP contribution < -0.4 is 9.47 Å². The van der Waals surface area contributed by atoms with Gasteiger partial charge in [0.2, 0.25) is 0 Å². The lowest BCUT2D eigenvalue weighted by atomic mass is 9.98. The molecule has 0 saturated carbocycles. The van der Waals surface area contributed by atoms with Gasteiger partial charge in [-0.05, 0) is 31.5 Å². The molecule has 4 nitrogen and oxygen atoms in total. The molecule has 1 rings (SSSR count). The standard InChI is InChI=1S/C15H24O4/c1-5-18-13-8-7-12(9-14(13)19-6-2)15(16)11(3)10-17-4/h7-9,11,15-16H,5-6,10H2,1-4H3. The Labute approximate surface area is 115 Å². The molecule has 108 valence electrons. The Morgan fingerprint density at radius 3 is 2.32 bits per heavy atom. The molecule has 0 aliphatic heterocycles. The second kappa shape index (κ2) is 8.02. The van der Waals surface area contributed by atoms with Crippen molar-refractivity contribution in [3.63, 3.8) is 0 Å². The molecule has 1 N–H and O–H groups in total. The van der Waals surface area contributed by atoms with Gasteiger partial charge in [0.1, 0.15) is 0 Å². The molecule has 1 aromatic carbocycles. The Kier molecular flexibility index (Phi) is 6.67. The average molecular weight is 268 g/mol. The zero-order valence-electron chi connectivity index (χ0n) is 12.2. The van der Waals surface area contributed by atoms with Crippen molar-refractivity contribution in [3.8, 4) is 11.5 Å². The van der Waals surface area contributed by atoms with Crippen LogP contribution in [-0.4, -0.2) is 32.0 Å². The van der Waals surface area contributed by atoms with Gasteiger partial charge >= 0.3 is 0 Å². The van der Waals surface area contributed by atoms with Crippen molar-refractivity contribution in [1.29, 1.82) is 0 Å². The number of rotatable bonds is 8. The van der Waals surface area contributed by atoms with Crippen LogP contribution in [0, 0.1) is 5.92 Å². The summed E-state index contributed by atoms with van der Waals surface area (Å²) in [5.41, 5.74) is 0.816. The van der Waals surface area contributed by atoms with E-state index in [1.165, 1.54) is 0 Å². The minimum Gasteiger partial charge on any atom is -0.490 e. The minimum absolute atomic E-state index is 0.0254. The van der Waals surface area contributed by atoms with E-state index in [9.17, 15) is 5.11 Å². The van der Waals surface area contributed by atoms with Gasteiger partial charge in [-0.1, -0.05) is 13.0 Å². The van der Waals surface area contributed by atoms with Crippen LogP contribution in [0.15, 0.2) is 18.2 Å². The van der Waals surface area contributed by atoms with Crippen molar-refractivity contribution < 1.29 is 19.3 Å². The number of ether oxygens (including phenoxy) is 3. The van der Waals surface area contributed by atoms with E-state index in [4.69, 9.17) is 14.2 Å². The summed E-state index contributed by atoms with van der Waals surface area (Å²) < 4.78 is 16.1. The Hall–Kier alpha value is -1.26. The number of hydrogen-bond acceptors (Lipinski definition) is 4. The highest BCUT2D eigenvalue weighted by Crippen LogP contribution is 2.32. The lowest BCUT2D eigenvalue weighted by Crippen LogP contribution is -2.14. The van der Waals surface area contributed by atoms with Gasteiger partial charge in [-0.15, -0.1) is 0 Å². The maximum absolute atomic E-state index is 10.3. The number of aliphatic hydroxyl groups excluding tert-OH is 1. The van der Waals surface area contributed by atoms with E-state index in [1.54, 1.807) is 7.11 Å². The van der Waals surface area contributed by atoms with Crippen LogP contribution >= 0.6 is 0 Å². The lowest BCUT2D eigenvalue weighted by Gasteiger charge is -2.20. The van der Waals surface area contributed by atoms with Gasteiger partial charge in [-0.3, -0.25) is 0 Å². The zero-order chi connectivity index (χ0) is 14.3. The Morgan fingerprint density at radius 2 is 1.74 bits per heavy atom. The Bertz CT molecular complexity index is 378. The largest absolute Gasteiger partial charge is 0.490 e. The van der Waals surface area contributed by atoms with E-state index >= 15 is 0 Å². The molecule has 1 aromatic rings. The molecule has 2 unspecified atom stereocenters. The highest BCUT2D eigenvalue weighted by Gasteiger charge is 2.18. The molecule has 0 radical (unpaired) electrons. The van der Waals surface area contributed by atoms with Crippen LogP contribution in [0.1, 0.15) is 32.4 Å². The van der Waals surface area contributed by atoms with Gasteiger partial charge in [-0.2, -0.15) is 0 Å². The summed E-state index contributed by atoms with van der Waals surface area (Å²) in [7, 11) is 1.63. The minimum atomic E-state index is -0.574. The van der Waals surface area contributed by atoms with Gasteiger partial charge in [0.25, 0.3) is 0 Å². The molecular formula is C15H24O4. The summed E-state index contributed by atoms with van der Waals surface area (Å²) in [6.07, 6.45) is -0.574. The summed E-state index contributed by atoms with van der Waals surface area (Å²) in [5.74, 6) is 1.41. The number of hydrogen-bond donors (Lipinski definition) is 1. The van der Waals surface area contributed by atoms with Crippen molar-refractivity contribution in [2.45, 2.75) is 26.9 Å². The van der Waals surface area contributed by atoms with Crippen LogP contribution in [0.4, 0.5) is 0 Å². The second-order valence-corrected chi connectivity index (χ2v) is 4.45. The van der Waals surface area contributed by atoms with Crippen molar-refractivity contribution in [2.24, 2.45) is 5.92 Å². The molecule has 0 fully saturated rings. The van der Waals surface area contributed by atoms with Gasteiger partial charge in [0, 0.05) is 13.0 Å². The highest BCUT2D eigenvalue weighted by atomic mass is 16.5. The average Bonchev–Trinajstić information content (AvgIpc) is 2.40. The molecule has 0 spiro atoms. The first-order valence-electron chi connectivity index (χ1n) is 6.70. The predicted octanol–water partition coefficient (Wildman–Crippen LogP) is 2.80. The van der Waals surface area contributed by atoms with Gasteiger partial charge < -0.3 is 19.3 Å². The molecule has 2 atom stereocenters. The Morgan fingerprint density at radius 1 is 1.11 bits per heavy atom. The third kappa shape index (κ3) is 4.40. The SMILES string of the molecule is CCOc1ccc(C(O)C(C)COC)cc1OCC. The fourth-order valence-corrected chi connectivity index (χ4v) is 1.93. The maximum Gasteiger partial charge on any atom is 0.161 e. The van der Waals surface area contributed by atoms with Crippen LogP contribution in [0.25, 0.3) is 0 Å². The van der Waals surface area contributed by atoms with E-state index in [-0.39, 0.29) is 5.92 Å². The molecule has 0 saturated heterocycles. The molecule has 0 aliphatic carbocycles. The first-order valence-corrected chi connectivity index (χ1v) is 6.70. The first-order chi connectivity index (χ1) is 9.13. The summed E-state index contributed by atoms with van der Waals surface area (Å²) >= 11 is 0. The van der Waals surface area contributed by atoms with E-state index in [0.717, 1.165) is 5.56 Å². The summed E-state index contributed by atoms with van der Waals surface area (Å²) in [4.78, 5) is 0. The first kappa shape index (κ1) is 15.8. The van der Waals surface area contributed by atoms with Gasteiger partial charge in [0.15, 0.2) is 11.5 Å². The topological polar surface area (TPSA) is 47.9 Å². The van der Waals surface area contributed by atoms with E-state index in [2.05, 4.69) is 0 Å². The van der Waals surface area contributed by atoms with Crippen LogP contribution in [-0.2, 0) is 4.74 Å². The third-order valence-electron chi connectivity index (χ3n) is 2.88. The van der Waals surface area contributed by atoms with Gasteiger partial charge in [-0.25, -0.2) is 0 Å². The molecular weight excluding hydrogens is 244 g/mol. The molecule has 0 aliphatic rings. The quantitative estimate of drug-likeness (QED) is 0.787. The predicted molar refractivity (Wildman–Crippen MR) is 74.8 cm³/mol. The smallest absolute Gasteiger partial charge is 0.161 e. The van der Waals surface area contributed by atoms with E-state index in [0.29, 0.717) is 31.3 Å². The van der Waals surface area contributed by atoms with Gasteiger partial charge in [0.05, 0.1) is 25.9 Å². The van der Waals surface area contributed by atoms with Crippen LogP contribution in [0.3, 0.4) is 0 Å². The fraction of sp³-hybridized carbons (Fsp3) is 0.600. The summed E-state index contributed by atoms with van der Waals surface area (Å²) in [6.45, 7) is 7.46. The fourth-order valence-electron chi connectivity index (χ4n) is 1.93. The molecule has 19 heavy (non-hydrogen) atoms. The van der Waals surface area contributed by atoms with Crippen molar-refractivity contribution >= 4 is 0 Å². The molecule has 0 aromatic heterocycles. The molecule has 4 heteroatoms. The summed E-state index contributed by atoms with van der Waals surface area (Å²) in [5, 5.41) is 10.3. The lowest BCUT2D eigenvalue weighted by molar-refractivity contribution is 0.0564. The van der Waals surface area contributed by atoms with E-state index < -0.39 is 6.10 Å². The number of aliphatic hydroxyl groups is 1. The molecule has 0 amide bonds. The van der Waals surface area contributed by atoms with Crippen molar-refractivity contribution in [1.82, 2.24) is 0 Å². The monoisotopic (exact) mass is 268 g/mol. The molecule has 0 heterocycles. The van der Waals surface area contributed by atoms with Crippen molar-refractivity contribution in [3.05, 3.63) is 23.8 Å².